The van der Waals surface area contributed by atoms with Crippen molar-refractivity contribution >= 4 is 17.2 Å². The van der Waals surface area contributed by atoms with Gasteiger partial charge < -0.3 is 14.2 Å². The first-order valence-electron chi connectivity index (χ1n) is 8.09. The predicted octanol–water partition coefficient (Wildman–Crippen LogP) is 3.78. The molecule has 0 radical (unpaired) electrons. The van der Waals surface area contributed by atoms with E-state index in [0.29, 0.717) is 24.0 Å². The molecule has 1 fully saturated rings. The van der Waals surface area contributed by atoms with Crippen LogP contribution in [-0.2, 0) is 0 Å². The number of likely N-dealkylation sites (tertiary alicyclic amines) is 1. The number of amides is 1. The number of carbonyl (C=O) groups is 1. The van der Waals surface area contributed by atoms with Crippen molar-refractivity contribution in [3.63, 3.8) is 0 Å². The van der Waals surface area contributed by atoms with Gasteiger partial charge in [0.2, 0.25) is 11.7 Å². The third kappa shape index (κ3) is 2.91. The molecule has 0 aliphatic carbocycles. The zero-order chi connectivity index (χ0) is 17.2. The molecule has 128 valence electrons. The lowest BCUT2D eigenvalue weighted by Crippen LogP contribution is -2.30. The van der Waals surface area contributed by atoms with Gasteiger partial charge in [-0.1, -0.05) is 23.4 Å². The van der Waals surface area contributed by atoms with Crippen LogP contribution in [0.15, 0.2) is 46.3 Å². The van der Waals surface area contributed by atoms with Gasteiger partial charge in [-0.3, -0.25) is 4.79 Å². The zero-order valence-corrected chi connectivity index (χ0v) is 14.5. The van der Waals surface area contributed by atoms with Crippen molar-refractivity contribution in [2.24, 2.45) is 0 Å². The van der Waals surface area contributed by atoms with Crippen molar-refractivity contribution in [1.29, 1.82) is 0 Å². The van der Waals surface area contributed by atoms with Crippen LogP contribution in [-0.4, -0.2) is 34.6 Å². The number of para-hydroxylation sites is 1. The molecule has 2 aromatic heterocycles. The smallest absolute Gasteiger partial charge is 0.264 e. The van der Waals surface area contributed by atoms with E-state index in [9.17, 15) is 4.79 Å². The number of aromatic nitrogens is 2. The molecule has 1 saturated heterocycles. The largest absolute Gasteiger partial charge is 0.496 e. The van der Waals surface area contributed by atoms with Crippen LogP contribution in [0.2, 0.25) is 0 Å². The van der Waals surface area contributed by atoms with Crippen LogP contribution >= 0.6 is 11.3 Å². The summed E-state index contributed by atoms with van der Waals surface area (Å²) < 4.78 is 10.9. The molecule has 6 nitrogen and oxygen atoms in total. The molecule has 0 spiro atoms. The summed E-state index contributed by atoms with van der Waals surface area (Å²) in [5, 5.41) is 6.00. The molecule has 3 aromatic rings. The monoisotopic (exact) mass is 355 g/mol. The van der Waals surface area contributed by atoms with Crippen molar-refractivity contribution in [2.75, 3.05) is 13.7 Å². The zero-order valence-electron chi connectivity index (χ0n) is 13.7. The minimum absolute atomic E-state index is 0.0227. The van der Waals surface area contributed by atoms with E-state index in [1.807, 2.05) is 46.7 Å². The highest BCUT2D eigenvalue weighted by Gasteiger charge is 2.35. The fourth-order valence-corrected chi connectivity index (χ4v) is 3.80. The number of rotatable bonds is 4. The quantitative estimate of drug-likeness (QED) is 0.712. The van der Waals surface area contributed by atoms with Crippen molar-refractivity contribution in [3.05, 3.63) is 52.5 Å². The number of benzene rings is 1. The maximum Gasteiger partial charge on any atom is 0.264 e. The van der Waals surface area contributed by atoms with Crippen LogP contribution in [0, 0.1) is 0 Å². The normalized spacial score (nSPS) is 17.0. The summed E-state index contributed by atoms with van der Waals surface area (Å²) in [6.07, 6.45) is 1.75. The van der Waals surface area contributed by atoms with Gasteiger partial charge in [0.05, 0.1) is 17.6 Å². The van der Waals surface area contributed by atoms with Gasteiger partial charge >= 0.3 is 0 Å². The third-order valence-corrected chi connectivity index (χ3v) is 5.18. The first kappa shape index (κ1) is 15.8. The molecule has 1 aromatic carbocycles. The van der Waals surface area contributed by atoms with Crippen LogP contribution in [0.1, 0.15) is 34.4 Å². The van der Waals surface area contributed by atoms with E-state index in [2.05, 4.69) is 10.1 Å². The van der Waals surface area contributed by atoms with Crippen molar-refractivity contribution in [1.82, 2.24) is 15.0 Å². The van der Waals surface area contributed by atoms with E-state index in [0.717, 1.165) is 23.3 Å². The maximum absolute atomic E-state index is 12.7. The Bertz CT molecular complexity index is 875. The molecule has 0 bridgehead atoms. The summed E-state index contributed by atoms with van der Waals surface area (Å²) >= 11 is 1.45. The van der Waals surface area contributed by atoms with Gasteiger partial charge in [0.15, 0.2) is 0 Å². The number of thiophene rings is 1. The Balaban J connectivity index is 1.62. The Morgan fingerprint density at radius 1 is 1.32 bits per heavy atom. The average Bonchev–Trinajstić information content (AvgIpc) is 3.41. The summed E-state index contributed by atoms with van der Waals surface area (Å²) in [5.74, 6) is 1.66. The van der Waals surface area contributed by atoms with E-state index >= 15 is 0 Å². The third-order valence-electron chi connectivity index (χ3n) is 4.32. The first-order chi connectivity index (χ1) is 12.3. The number of nitrogens with zero attached hydrogens (tertiary/aromatic N) is 3. The van der Waals surface area contributed by atoms with Crippen molar-refractivity contribution in [2.45, 2.75) is 18.9 Å². The van der Waals surface area contributed by atoms with Gasteiger partial charge in [-0.2, -0.15) is 4.98 Å². The van der Waals surface area contributed by atoms with Gasteiger partial charge in [0.25, 0.3) is 5.91 Å². The summed E-state index contributed by atoms with van der Waals surface area (Å²) in [6.45, 7) is 0.702. The Hall–Kier alpha value is -2.67. The number of carbonyl (C=O) groups excluding carboxylic acids is 1. The minimum Gasteiger partial charge on any atom is -0.496 e. The van der Waals surface area contributed by atoms with E-state index in [1.54, 1.807) is 7.11 Å². The van der Waals surface area contributed by atoms with Crippen LogP contribution in [0.4, 0.5) is 0 Å². The van der Waals surface area contributed by atoms with Crippen LogP contribution in [0.3, 0.4) is 0 Å². The number of ether oxygens (including phenoxy) is 1. The van der Waals surface area contributed by atoms with Crippen LogP contribution in [0.25, 0.3) is 11.4 Å². The van der Waals surface area contributed by atoms with Crippen molar-refractivity contribution in [3.8, 4) is 17.1 Å². The molecule has 1 amide bonds. The second-order valence-corrected chi connectivity index (χ2v) is 6.74. The molecule has 0 unspecified atom stereocenters. The SMILES string of the molecule is COc1ccccc1-c1noc([C@H]2CCCN2C(=O)c2cccs2)n1. The van der Waals surface area contributed by atoms with E-state index in [4.69, 9.17) is 9.26 Å². The summed E-state index contributed by atoms with van der Waals surface area (Å²) in [4.78, 5) is 19.8. The molecular formula is C18H17N3O3S. The molecule has 4 rings (SSSR count). The lowest BCUT2D eigenvalue weighted by Gasteiger charge is -2.20. The molecule has 1 atom stereocenters. The molecule has 0 N–H and O–H groups in total. The Morgan fingerprint density at radius 3 is 3.00 bits per heavy atom. The lowest BCUT2D eigenvalue weighted by molar-refractivity contribution is 0.0715. The molecule has 7 heteroatoms. The summed E-state index contributed by atoms with van der Waals surface area (Å²) in [5.41, 5.74) is 0.772. The Kier molecular flexibility index (Phi) is 4.23. The first-order valence-corrected chi connectivity index (χ1v) is 8.97. The molecule has 3 heterocycles. The molecule has 25 heavy (non-hydrogen) atoms. The number of hydrogen-bond donors (Lipinski definition) is 0. The highest BCUT2D eigenvalue weighted by molar-refractivity contribution is 7.12. The highest BCUT2D eigenvalue weighted by atomic mass is 32.1. The fraction of sp³-hybridized carbons (Fsp3) is 0.278. The van der Waals surface area contributed by atoms with Crippen molar-refractivity contribution < 1.29 is 14.1 Å². The summed E-state index contributed by atoms with van der Waals surface area (Å²) in [7, 11) is 1.61. The fourth-order valence-electron chi connectivity index (χ4n) is 3.12. The molecule has 1 aliphatic rings. The van der Waals surface area contributed by atoms with E-state index in [-0.39, 0.29) is 11.9 Å². The predicted molar refractivity (Wildman–Crippen MR) is 93.6 cm³/mol. The number of methoxy groups -OCH3 is 1. The Labute approximate surface area is 149 Å². The number of hydrogen-bond acceptors (Lipinski definition) is 6. The van der Waals surface area contributed by atoms with E-state index in [1.165, 1.54) is 11.3 Å². The molecular weight excluding hydrogens is 338 g/mol. The lowest BCUT2D eigenvalue weighted by atomic mass is 10.2. The average molecular weight is 355 g/mol. The van der Waals surface area contributed by atoms with Gasteiger partial charge in [0.1, 0.15) is 11.8 Å². The minimum atomic E-state index is -0.175. The maximum atomic E-state index is 12.7. The standard InChI is InChI=1S/C18H17N3O3S/c1-23-14-8-3-2-6-12(14)16-19-17(24-20-16)13-7-4-10-21(13)18(22)15-9-5-11-25-15/h2-3,5-6,8-9,11,13H,4,7,10H2,1H3/t13-/m1/s1. The van der Waals surface area contributed by atoms with Gasteiger partial charge in [0, 0.05) is 6.54 Å². The van der Waals surface area contributed by atoms with Crippen LogP contribution in [0.5, 0.6) is 5.75 Å². The van der Waals surface area contributed by atoms with Gasteiger partial charge in [-0.05, 0) is 36.4 Å². The molecule has 1 aliphatic heterocycles. The van der Waals surface area contributed by atoms with E-state index < -0.39 is 0 Å². The topological polar surface area (TPSA) is 68.5 Å². The second-order valence-electron chi connectivity index (χ2n) is 5.79. The van der Waals surface area contributed by atoms with Gasteiger partial charge in [-0.15, -0.1) is 11.3 Å². The molecule has 0 saturated carbocycles. The Morgan fingerprint density at radius 2 is 2.20 bits per heavy atom. The van der Waals surface area contributed by atoms with Gasteiger partial charge in [-0.25, -0.2) is 0 Å². The van der Waals surface area contributed by atoms with Crippen LogP contribution < -0.4 is 4.74 Å². The highest BCUT2D eigenvalue weighted by Crippen LogP contribution is 2.35. The second kappa shape index (κ2) is 6.68. The summed E-state index contributed by atoms with van der Waals surface area (Å²) in [6, 6.07) is 11.1.